The number of fused-ring (bicyclic) bond motifs is 1. The summed E-state index contributed by atoms with van der Waals surface area (Å²) in [5.74, 6) is -0.448. The number of carboxylic acid groups (broad SMARTS) is 1. The highest BCUT2D eigenvalue weighted by molar-refractivity contribution is 6.16. The molecule has 4 aromatic rings. The van der Waals surface area contributed by atoms with Crippen LogP contribution in [0.4, 0.5) is 11.4 Å². The maximum Gasteiger partial charge on any atom is 0.339 e. The molecule has 3 N–H and O–H groups in total. The Morgan fingerprint density at radius 2 is 1.38 bits per heavy atom. The van der Waals surface area contributed by atoms with Crippen molar-refractivity contribution in [3.05, 3.63) is 84.1 Å². The van der Waals surface area contributed by atoms with Gasteiger partial charge in [0, 0.05) is 23.0 Å². The average molecular weight is 638 g/mol. The van der Waals surface area contributed by atoms with Gasteiger partial charge in [0.25, 0.3) is 0 Å². The van der Waals surface area contributed by atoms with Crippen LogP contribution in [0, 0.1) is 12.3 Å². The standard InChI is InChI=1S/C38H43N3O6/c1-3-4-5-6-7-8-9-10-23-46-34-25-30-32(24-31(34)35(42)43)39-22-19-33(30)47-29-17-15-28(16-18-29)41-37(45)38(20-21-38)36(44)40-27-13-11-26(2)12-14-27/h11-19,22,24-25H,3-10,20-21,23H2,1-2H3,(H,40,44)(H,41,45)(H,42,43). The van der Waals surface area contributed by atoms with E-state index in [4.69, 9.17) is 9.47 Å². The van der Waals surface area contributed by atoms with Crippen LogP contribution >= 0.6 is 0 Å². The van der Waals surface area contributed by atoms with Crippen molar-refractivity contribution < 1.29 is 29.0 Å². The van der Waals surface area contributed by atoms with Gasteiger partial charge in [-0.3, -0.25) is 14.6 Å². The van der Waals surface area contributed by atoms with Crippen molar-refractivity contribution in [2.75, 3.05) is 17.2 Å². The van der Waals surface area contributed by atoms with Gasteiger partial charge in [-0.2, -0.15) is 0 Å². The first kappa shape index (κ1) is 33.4. The lowest BCUT2D eigenvalue weighted by Gasteiger charge is -2.16. The molecule has 1 aliphatic rings. The quantitative estimate of drug-likeness (QED) is 0.0779. The molecular weight excluding hydrogens is 594 g/mol. The van der Waals surface area contributed by atoms with E-state index < -0.39 is 11.4 Å². The summed E-state index contributed by atoms with van der Waals surface area (Å²) >= 11 is 0. The van der Waals surface area contributed by atoms with Gasteiger partial charge in [0.15, 0.2) is 0 Å². The lowest BCUT2D eigenvalue weighted by atomic mass is 10.0. The number of aryl methyl sites for hydroxylation is 1. The summed E-state index contributed by atoms with van der Waals surface area (Å²) in [7, 11) is 0. The van der Waals surface area contributed by atoms with Crippen molar-refractivity contribution in [1.82, 2.24) is 4.98 Å². The second-order valence-electron chi connectivity index (χ2n) is 12.3. The molecule has 1 fully saturated rings. The van der Waals surface area contributed by atoms with Crippen LogP contribution in [0.1, 0.15) is 87.1 Å². The number of benzene rings is 3. The van der Waals surface area contributed by atoms with Crippen LogP contribution in [0.2, 0.25) is 0 Å². The minimum Gasteiger partial charge on any atom is -0.493 e. The fourth-order valence-electron chi connectivity index (χ4n) is 5.50. The predicted molar refractivity (Wildman–Crippen MR) is 183 cm³/mol. The number of carbonyl (C=O) groups excluding carboxylic acids is 2. The van der Waals surface area contributed by atoms with Gasteiger partial charge in [-0.05, 0) is 80.8 Å². The molecule has 1 saturated carbocycles. The first-order valence-electron chi connectivity index (χ1n) is 16.6. The molecule has 9 heteroatoms. The average Bonchev–Trinajstić information content (AvgIpc) is 3.88. The first-order chi connectivity index (χ1) is 22.8. The molecule has 0 atom stereocenters. The van der Waals surface area contributed by atoms with Gasteiger partial charge in [-0.1, -0.05) is 69.6 Å². The second kappa shape index (κ2) is 15.6. The fourth-order valence-corrected chi connectivity index (χ4v) is 5.50. The molecule has 0 unspecified atom stereocenters. The lowest BCUT2D eigenvalue weighted by molar-refractivity contribution is -0.131. The number of carbonyl (C=O) groups is 3. The number of unbranched alkanes of at least 4 members (excludes halogenated alkanes) is 7. The number of amides is 2. The molecule has 5 rings (SSSR count). The largest absolute Gasteiger partial charge is 0.493 e. The Morgan fingerprint density at radius 3 is 1.98 bits per heavy atom. The molecule has 0 aliphatic heterocycles. The summed E-state index contributed by atoms with van der Waals surface area (Å²) in [5, 5.41) is 16.2. The second-order valence-corrected chi connectivity index (χ2v) is 12.3. The number of carboxylic acids is 1. The third-order valence-corrected chi connectivity index (χ3v) is 8.56. The van der Waals surface area contributed by atoms with E-state index in [2.05, 4.69) is 22.5 Å². The number of anilines is 2. The predicted octanol–water partition coefficient (Wildman–Crippen LogP) is 8.91. The molecule has 1 aliphatic carbocycles. The summed E-state index contributed by atoms with van der Waals surface area (Å²) in [5.41, 5.74) is 1.73. The highest BCUT2D eigenvalue weighted by Gasteiger charge is 2.56. The molecule has 246 valence electrons. The summed E-state index contributed by atoms with van der Waals surface area (Å²) in [6.45, 7) is 4.61. The molecule has 2 amide bonds. The van der Waals surface area contributed by atoms with Crippen molar-refractivity contribution in [1.29, 1.82) is 0 Å². The minimum absolute atomic E-state index is 0.0581. The minimum atomic E-state index is -1.08. The zero-order valence-electron chi connectivity index (χ0n) is 27.1. The fraction of sp³-hybridized carbons (Fsp3) is 0.368. The summed E-state index contributed by atoms with van der Waals surface area (Å²) in [4.78, 5) is 42.5. The van der Waals surface area contributed by atoms with Crippen molar-refractivity contribution in [3.63, 3.8) is 0 Å². The SMILES string of the molecule is CCCCCCCCCCOc1cc2c(Oc3ccc(NC(=O)C4(C(=O)Nc5ccc(C)cc5)CC4)cc3)ccnc2cc1C(=O)O. The van der Waals surface area contributed by atoms with Crippen LogP contribution in [0.15, 0.2) is 72.9 Å². The number of rotatable bonds is 17. The Hall–Kier alpha value is -4.92. The van der Waals surface area contributed by atoms with Crippen molar-refractivity contribution in [3.8, 4) is 17.2 Å². The third kappa shape index (κ3) is 8.67. The molecule has 0 spiro atoms. The molecule has 9 nitrogen and oxygen atoms in total. The Kier molecular flexibility index (Phi) is 11.1. The third-order valence-electron chi connectivity index (χ3n) is 8.56. The van der Waals surface area contributed by atoms with E-state index in [1.165, 1.54) is 38.2 Å². The van der Waals surface area contributed by atoms with E-state index in [9.17, 15) is 19.5 Å². The Labute approximate surface area is 275 Å². The number of hydrogen-bond donors (Lipinski definition) is 3. The van der Waals surface area contributed by atoms with Crippen LogP contribution in [0.25, 0.3) is 10.9 Å². The number of nitrogens with one attached hydrogen (secondary N) is 2. The van der Waals surface area contributed by atoms with Crippen LogP contribution in [0.5, 0.6) is 17.2 Å². The van der Waals surface area contributed by atoms with Gasteiger partial charge in [-0.25, -0.2) is 4.79 Å². The first-order valence-corrected chi connectivity index (χ1v) is 16.6. The smallest absolute Gasteiger partial charge is 0.339 e. The van der Waals surface area contributed by atoms with E-state index in [-0.39, 0.29) is 23.1 Å². The topological polar surface area (TPSA) is 127 Å². The Morgan fingerprint density at radius 1 is 0.787 bits per heavy atom. The van der Waals surface area contributed by atoms with Crippen LogP contribution in [-0.4, -0.2) is 34.5 Å². The van der Waals surface area contributed by atoms with Crippen molar-refractivity contribution >= 4 is 40.1 Å². The number of ether oxygens (including phenoxy) is 2. The molecule has 0 saturated heterocycles. The zero-order chi connectivity index (χ0) is 33.2. The monoisotopic (exact) mass is 637 g/mol. The van der Waals surface area contributed by atoms with E-state index >= 15 is 0 Å². The van der Waals surface area contributed by atoms with Crippen LogP contribution < -0.4 is 20.1 Å². The van der Waals surface area contributed by atoms with Gasteiger partial charge in [0.1, 0.15) is 28.2 Å². The number of hydrogen-bond acceptors (Lipinski definition) is 6. The highest BCUT2D eigenvalue weighted by Crippen LogP contribution is 2.47. The van der Waals surface area contributed by atoms with Gasteiger partial charge < -0.3 is 25.2 Å². The summed E-state index contributed by atoms with van der Waals surface area (Å²) < 4.78 is 12.1. The van der Waals surface area contributed by atoms with Crippen molar-refractivity contribution in [2.24, 2.45) is 5.41 Å². The van der Waals surface area contributed by atoms with Crippen LogP contribution in [0.3, 0.4) is 0 Å². The van der Waals surface area contributed by atoms with Gasteiger partial charge >= 0.3 is 5.97 Å². The van der Waals surface area contributed by atoms with Gasteiger partial charge in [0.05, 0.1) is 12.1 Å². The van der Waals surface area contributed by atoms with E-state index in [0.29, 0.717) is 53.2 Å². The highest BCUT2D eigenvalue weighted by atomic mass is 16.5. The zero-order valence-corrected chi connectivity index (χ0v) is 27.1. The number of aromatic carboxylic acids is 1. The Balaban J connectivity index is 1.20. The molecule has 0 bridgehead atoms. The number of aromatic nitrogens is 1. The molecule has 47 heavy (non-hydrogen) atoms. The summed E-state index contributed by atoms with van der Waals surface area (Å²) in [6, 6.07) is 19.2. The molecule has 3 aromatic carbocycles. The maximum absolute atomic E-state index is 13.1. The normalized spacial score (nSPS) is 13.1. The van der Waals surface area contributed by atoms with Gasteiger partial charge in [-0.15, -0.1) is 0 Å². The Bertz CT molecular complexity index is 1700. The van der Waals surface area contributed by atoms with Gasteiger partial charge in [0.2, 0.25) is 11.8 Å². The van der Waals surface area contributed by atoms with Crippen molar-refractivity contribution in [2.45, 2.75) is 78.1 Å². The lowest BCUT2D eigenvalue weighted by Crippen LogP contribution is -2.35. The van der Waals surface area contributed by atoms with E-state index in [0.717, 1.165) is 24.8 Å². The number of nitrogens with zero attached hydrogens (tertiary/aromatic N) is 1. The van der Waals surface area contributed by atoms with E-state index in [1.54, 1.807) is 42.6 Å². The summed E-state index contributed by atoms with van der Waals surface area (Å²) in [6.07, 6.45) is 11.8. The molecule has 0 radical (unpaired) electrons. The molecular formula is C38H43N3O6. The molecule has 1 aromatic heterocycles. The molecule has 1 heterocycles. The van der Waals surface area contributed by atoms with Crippen LogP contribution in [-0.2, 0) is 9.59 Å². The number of pyridine rings is 1. The maximum atomic E-state index is 13.1. The van der Waals surface area contributed by atoms with E-state index in [1.807, 2.05) is 31.2 Å².